The Balaban J connectivity index is 2.56. The minimum absolute atomic E-state index is 0.122. The molecule has 1 aromatic carbocycles. The predicted molar refractivity (Wildman–Crippen MR) is 54.1 cm³/mol. The van der Waals surface area contributed by atoms with E-state index in [9.17, 15) is 13.2 Å². The second-order valence-electron chi connectivity index (χ2n) is 2.87. The Bertz CT molecular complexity index is 295. The molecule has 0 saturated carbocycles. The topological polar surface area (TPSA) is 9.23 Å². The van der Waals surface area contributed by atoms with Crippen molar-refractivity contribution in [3.63, 3.8) is 0 Å². The molecule has 1 rings (SSSR count). The van der Waals surface area contributed by atoms with Crippen molar-refractivity contribution in [2.24, 2.45) is 0 Å². The summed E-state index contributed by atoms with van der Waals surface area (Å²) in [7, 11) is 0. The SMILES string of the molecule is CCCOc1ccc(SC(F)(F)F)cc1. The Hall–Kier alpha value is -0.840. The van der Waals surface area contributed by atoms with Crippen LogP contribution in [0.3, 0.4) is 0 Å². The first-order valence-electron chi connectivity index (χ1n) is 4.50. The Morgan fingerprint density at radius 3 is 2.27 bits per heavy atom. The first-order valence-corrected chi connectivity index (χ1v) is 5.31. The summed E-state index contributed by atoms with van der Waals surface area (Å²) in [4.78, 5) is 0.173. The quantitative estimate of drug-likeness (QED) is 0.728. The van der Waals surface area contributed by atoms with Crippen LogP contribution in [0.5, 0.6) is 5.75 Å². The van der Waals surface area contributed by atoms with Crippen LogP contribution in [0.25, 0.3) is 0 Å². The molecule has 1 aromatic rings. The van der Waals surface area contributed by atoms with E-state index in [-0.39, 0.29) is 16.7 Å². The minimum atomic E-state index is -4.23. The lowest BCUT2D eigenvalue weighted by Gasteiger charge is -2.07. The fraction of sp³-hybridized carbons (Fsp3) is 0.400. The molecule has 0 unspecified atom stereocenters. The second kappa shape index (κ2) is 5.30. The highest BCUT2D eigenvalue weighted by Crippen LogP contribution is 2.37. The van der Waals surface area contributed by atoms with Gasteiger partial charge in [-0.15, -0.1) is 0 Å². The van der Waals surface area contributed by atoms with Crippen molar-refractivity contribution in [3.8, 4) is 5.75 Å². The molecule has 0 aliphatic carbocycles. The van der Waals surface area contributed by atoms with Crippen LogP contribution < -0.4 is 4.74 Å². The van der Waals surface area contributed by atoms with E-state index in [0.717, 1.165) is 6.42 Å². The zero-order chi connectivity index (χ0) is 11.3. The molecule has 5 heteroatoms. The number of benzene rings is 1. The number of thioether (sulfide) groups is 1. The molecular formula is C10H11F3OS. The number of rotatable bonds is 4. The van der Waals surface area contributed by atoms with Crippen LogP contribution >= 0.6 is 11.8 Å². The molecule has 0 aliphatic heterocycles. The largest absolute Gasteiger partial charge is 0.494 e. The van der Waals surface area contributed by atoms with E-state index in [1.165, 1.54) is 12.1 Å². The molecule has 0 aliphatic rings. The van der Waals surface area contributed by atoms with Gasteiger partial charge in [0.25, 0.3) is 0 Å². The van der Waals surface area contributed by atoms with Gasteiger partial charge in [0.15, 0.2) is 0 Å². The smallest absolute Gasteiger partial charge is 0.446 e. The summed E-state index contributed by atoms with van der Waals surface area (Å²) < 4.78 is 41.2. The summed E-state index contributed by atoms with van der Waals surface area (Å²) in [5, 5.41) is 0. The molecule has 0 heterocycles. The highest BCUT2D eigenvalue weighted by molar-refractivity contribution is 8.00. The fourth-order valence-electron chi connectivity index (χ4n) is 0.957. The van der Waals surface area contributed by atoms with Crippen LogP contribution in [0.15, 0.2) is 29.2 Å². The Morgan fingerprint density at radius 2 is 1.80 bits per heavy atom. The van der Waals surface area contributed by atoms with E-state index in [0.29, 0.717) is 12.4 Å². The molecule has 84 valence electrons. The van der Waals surface area contributed by atoms with E-state index in [1.54, 1.807) is 12.1 Å². The summed E-state index contributed by atoms with van der Waals surface area (Å²) >= 11 is -0.122. The molecule has 0 N–H and O–H groups in total. The zero-order valence-corrected chi connectivity index (χ0v) is 8.99. The maximum absolute atomic E-state index is 12.0. The van der Waals surface area contributed by atoms with Gasteiger partial charge < -0.3 is 4.74 Å². The van der Waals surface area contributed by atoms with Gasteiger partial charge in [0.2, 0.25) is 0 Å². The molecule has 1 nitrogen and oxygen atoms in total. The Morgan fingerprint density at radius 1 is 1.20 bits per heavy atom. The third-order valence-corrected chi connectivity index (χ3v) is 2.27. The van der Waals surface area contributed by atoms with Crippen LogP contribution in [0.1, 0.15) is 13.3 Å². The van der Waals surface area contributed by atoms with Crippen molar-refractivity contribution >= 4 is 11.8 Å². The Labute approximate surface area is 90.6 Å². The number of hydrogen-bond donors (Lipinski definition) is 0. The average Bonchev–Trinajstić information content (AvgIpc) is 2.14. The summed E-state index contributed by atoms with van der Waals surface area (Å²) in [6.45, 7) is 2.54. The predicted octanol–water partition coefficient (Wildman–Crippen LogP) is 4.09. The molecule has 0 bridgehead atoms. The van der Waals surface area contributed by atoms with E-state index >= 15 is 0 Å². The fourth-order valence-corrected chi connectivity index (χ4v) is 1.50. The van der Waals surface area contributed by atoms with Crippen molar-refractivity contribution in [1.29, 1.82) is 0 Å². The maximum Gasteiger partial charge on any atom is 0.446 e. The van der Waals surface area contributed by atoms with Crippen LogP contribution in [-0.4, -0.2) is 12.1 Å². The summed E-state index contributed by atoms with van der Waals surface area (Å²) in [5.41, 5.74) is -4.23. The van der Waals surface area contributed by atoms with E-state index < -0.39 is 5.51 Å². The third-order valence-electron chi connectivity index (χ3n) is 1.53. The van der Waals surface area contributed by atoms with Gasteiger partial charge in [0, 0.05) is 4.90 Å². The van der Waals surface area contributed by atoms with Gasteiger partial charge in [0.1, 0.15) is 5.75 Å². The van der Waals surface area contributed by atoms with Crippen LogP contribution in [0.2, 0.25) is 0 Å². The highest BCUT2D eigenvalue weighted by atomic mass is 32.2. The molecule has 0 spiro atoms. The molecule has 0 radical (unpaired) electrons. The van der Waals surface area contributed by atoms with Gasteiger partial charge in [0.05, 0.1) is 6.61 Å². The number of ether oxygens (including phenoxy) is 1. The first kappa shape index (κ1) is 12.2. The van der Waals surface area contributed by atoms with Gasteiger partial charge in [-0.1, -0.05) is 6.92 Å². The normalized spacial score (nSPS) is 11.5. The molecule has 0 fully saturated rings. The number of hydrogen-bond acceptors (Lipinski definition) is 2. The summed E-state index contributed by atoms with van der Waals surface area (Å²) in [5.74, 6) is 0.600. The molecule has 15 heavy (non-hydrogen) atoms. The summed E-state index contributed by atoms with van der Waals surface area (Å²) in [6, 6.07) is 5.90. The van der Waals surface area contributed by atoms with E-state index in [2.05, 4.69) is 0 Å². The molecule has 0 atom stereocenters. The molecule has 0 aromatic heterocycles. The lowest BCUT2D eigenvalue weighted by atomic mass is 10.3. The summed E-state index contributed by atoms with van der Waals surface area (Å²) in [6.07, 6.45) is 0.874. The monoisotopic (exact) mass is 236 g/mol. The zero-order valence-electron chi connectivity index (χ0n) is 8.17. The molecule has 0 saturated heterocycles. The van der Waals surface area contributed by atoms with Crippen molar-refractivity contribution in [2.75, 3.05) is 6.61 Å². The van der Waals surface area contributed by atoms with Crippen molar-refractivity contribution < 1.29 is 17.9 Å². The molecular weight excluding hydrogens is 225 g/mol. The van der Waals surface area contributed by atoms with Crippen LogP contribution in [0.4, 0.5) is 13.2 Å². The molecule has 0 amide bonds. The van der Waals surface area contributed by atoms with Gasteiger partial charge in [-0.05, 0) is 42.4 Å². The lowest BCUT2D eigenvalue weighted by molar-refractivity contribution is -0.0328. The standard InChI is InChI=1S/C10H11F3OS/c1-2-7-14-8-3-5-9(6-4-8)15-10(11,12)13/h3-6H,2,7H2,1H3. The lowest BCUT2D eigenvalue weighted by Crippen LogP contribution is -1.99. The Kier molecular flexibility index (Phi) is 4.32. The van der Waals surface area contributed by atoms with Gasteiger partial charge in [-0.3, -0.25) is 0 Å². The third kappa shape index (κ3) is 4.97. The highest BCUT2D eigenvalue weighted by Gasteiger charge is 2.28. The number of alkyl halides is 3. The first-order chi connectivity index (χ1) is 7.01. The second-order valence-corrected chi connectivity index (χ2v) is 4.01. The van der Waals surface area contributed by atoms with Crippen molar-refractivity contribution in [1.82, 2.24) is 0 Å². The van der Waals surface area contributed by atoms with E-state index in [1.807, 2.05) is 6.92 Å². The number of halogens is 3. The van der Waals surface area contributed by atoms with Crippen LogP contribution in [0, 0.1) is 0 Å². The van der Waals surface area contributed by atoms with Gasteiger partial charge >= 0.3 is 5.51 Å². The van der Waals surface area contributed by atoms with Crippen molar-refractivity contribution in [3.05, 3.63) is 24.3 Å². The average molecular weight is 236 g/mol. The maximum atomic E-state index is 12.0. The van der Waals surface area contributed by atoms with Gasteiger partial charge in [-0.25, -0.2) is 0 Å². The van der Waals surface area contributed by atoms with Gasteiger partial charge in [-0.2, -0.15) is 13.2 Å². The van der Waals surface area contributed by atoms with E-state index in [4.69, 9.17) is 4.74 Å². The minimum Gasteiger partial charge on any atom is -0.494 e. The van der Waals surface area contributed by atoms with Crippen molar-refractivity contribution in [2.45, 2.75) is 23.7 Å². The van der Waals surface area contributed by atoms with Crippen LogP contribution in [-0.2, 0) is 0 Å².